The van der Waals surface area contributed by atoms with E-state index in [1.54, 1.807) is 7.11 Å². The number of carbonyl (C=O) groups is 1. The number of rotatable bonds is 3. The van der Waals surface area contributed by atoms with Gasteiger partial charge in [-0.25, -0.2) is 0 Å². The lowest BCUT2D eigenvalue weighted by Crippen LogP contribution is -2.49. The smallest absolute Gasteiger partial charge is 0.233 e. The average molecular weight is 322 g/mol. The fourth-order valence-corrected chi connectivity index (χ4v) is 4.10. The maximum absolute atomic E-state index is 13.3. The van der Waals surface area contributed by atoms with Gasteiger partial charge < -0.3 is 9.64 Å². The van der Waals surface area contributed by atoms with Gasteiger partial charge in [-0.3, -0.25) is 4.79 Å². The first-order chi connectivity index (χ1) is 10.7. The molecule has 3 rings (SSSR count). The molecule has 120 valence electrons. The Labute approximate surface area is 137 Å². The summed E-state index contributed by atoms with van der Waals surface area (Å²) >= 11 is 6.01. The van der Waals surface area contributed by atoms with Gasteiger partial charge in [-0.15, -0.1) is 0 Å². The van der Waals surface area contributed by atoms with Crippen LogP contribution in [0.3, 0.4) is 0 Å². The number of likely N-dealkylation sites (tertiary alicyclic amines) is 1. The quantitative estimate of drug-likeness (QED) is 0.847. The Morgan fingerprint density at radius 2 is 1.77 bits per heavy atom. The molecule has 2 aliphatic rings. The Morgan fingerprint density at radius 3 is 2.32 bits per heavy atom. The second-order valence-corrected chi connectivity index (χ2v) is 6.96. The summed E-state index contributed by atoms with van der Waals surface area (Å²) in [5.74, 6) is 0.307. The van der Waals surface area contributed by atoms with E-state index in [9.17, 15) is 4.79 Å². The molecule has 1 aliphatic heterocycles. The number of piperidine rings is 1. The predicted molar refractivity (Wildman–Crippen MR) is 88.2 cm³/mol. The minimum absolute atomic E-state index is 0.305. The van der Waals surface area contributed by atoms with Crippen molar-refractivity contribution in [3.8, 4) is 0 Å². The Bertz CT molecular complexity index is 514. The molecule has 0 aromatic heterocycles. The molecule has 0 radical (unpaired) electrons. The summed E-state index contributed by atoms with van der Waals surface area (Å²) in [7, 11) is 1.76. The first-order valence-electron chi connectivity index (χ1n) is 8.24. The van der Waals surface area contributed by atoms with Gasteiger partial charge in [0.05, 0.1) is 11.5 Å². The number of amides is 1. The second kappa shape index (κ2) is 6.59. The van der Waals surface area contributed by atoms with Crippen LogP contribution in [0.4, 0.5) is 0 Å². The number of halogens is 1. The molecule has 0 spiro atoms. The molecule has 1 heterocycles. The van der Waals surface area contributed by atoms with Gasteiger partial charge >= 0.3 is 0 Å². The van der Waals surface area contributed by atoms with Crippen LogP contribution in [0.1, 0.15) is 44.1 Å². The summed E-state index contributed by atoms with van der Waals surface area (Å²) in [4.78, 5) is 15.3. The zero-order valence-corrected chi connectivity index (χ0v) is 13.9. The zero-order chi connectivity index (χ0) is 15.6. The topological polar surface area (TPSA) is 29.5 Å². The van der Waals surface area contributed by atoms with E-state index in [0.717, 1.165) is 62.2 Å². The SMILES string of the molecule is COC1CCN(C(=O)C2(c3ccc(Cl)cc3)CCCC2)CC1. The van der Waals surface area contributed by atoms with Crippen LogP contribution in [0.15, 0.2) is 24.3 Å². The standard InChI is InChI=1S/C18H24ClNO2/c1-22-16-8-12-20(13-9-16)17(21)18(10-2-3-11-18)14-4-6-15(19)7-5-14/h4-7,16H,2-3,8-13H2,1H3. The van der Waals surface area contributed by atoms with Gasteiger partial charge in [0.15, 0.2) is 0 Å². The maximum Gasteiger partial charge on any atom is 0.233 e. The van der Waals surface area contributed by atoms with Crippen molar-refractivity contribution in [2.24, 2.45) is 0 Å². The maximum atomic E-state index is 13.3. The van der Waals surface area contributed by atoms with Crippen LogP contribution < -0.4 is 0 Å². The van der Waals surface area contributed by atoms with Gasteiger partial charge in [0.1, 0.15) is 0 Å². The highest BCUT2D eigenvalue weighted by Gasteiger charge is 2.45. The molecule has 1 aromatic rings. The second-order valence-electron chi connectivity index (χ2n) is 6.52. The molecular weight excluding hydrogens is 298 g/mol. The van der Waals surface area contributed by atoms with Crippen molar-refractivity contribution in [3.63, 3.8) is 0 Å². The minimum Gasteiger partial charge on any atom is -0.381 e. The van der Waals surface area contributed by atoms with Crippen LogP contribution in [0.25, 0.3) is 0 Å². The molecule has 1 aromatic carbocycles. The van der Waals surface area contributed by atoms with Crippen LogP contribution in [0, 0.1) is 0 Å². The molecule has 0 N–H and O–H groups in total. The Hall–Kier alpha value is -1.06. The number of hydrogen-bond acceptors (Lipinski definition) is 2. The van der Waals surface area contributed by atoms with E-state index in [1.165, 1.54) is 0 Å². The molecule has 1 saturated carbocycles. The first kappa shape index (κ1) is 15.8. The molecule has 4 heteroatoms. The van der Waals surface area contributed by atoms with Crippen LogP contribution in [0.5, 0.6) is 0 Å². The van der Waals surface area contributed by atoms with E-state index in [1.807, 2.05) is 24.3 Å². The van der Waals surface area contributed by atoms with Crippen molar-refractivity contribution in [2.45, 2.75) is 50.0 Å². The normalized spacial score (nSPS) is 22.0. The monoisotopic (exact) mass is 321 g/mol. The number of nitrogens with zero attached hydrogens (tertiary/aromatic N) is 1. The first-order valence-corrected chi connectivity index (χ1v) is 8.62. The Morgan fingerprint density at radius 1 is 1.18 bits per heavy atom. The van der Waals surface area contributed by atoms with Crippen molar-refractivity contribution in [1.82, 2.24) is 4.90 Å². The van der Waals surface area contributed by atoms with Crippen molar-refractivity contribution in [1.29, 1.82) is 0 Å². The third-order valence-electron chi connectivity index (χ3n) is 5.33. The van der Waals surface area contributed by atoms with E-state index in [-0.39, 0.29) is 5.41 Å². The summed E-state index contributed by atoms with van der Waals surface area (Å²) < 4.78 is 5.42. The lowest BCUT2D eigenvalue weighted by Gasteiger charge is -2.38. The van der Waals surface area contributed by atoms with Gasteiger partial charge in [0.25, 0.3) is 0 Å². The highest BCUT2D eigenvalue weighted by Crippen LogP contribution is 2.43. The Kier molecular flexibility index (Phi) is 4.74. The van der Waals surface area contributed by atoms with Gasteiger partial charge in [-0.1, -0.05) is 36.6 Å². The molecule has 3 nitrogen and oxygen atoms in total. The molecule has 1 saturated heterocycles. The number of hydrogen-bond donors (Lipinski definition) is 0. The zero-order valence-electron chi connectivity index (χ0n) is 13.2. The van der Waals surface area contributed by atoms with Gasteiger partial charge in [0, 0.05) is 25.2 Å². The summed E-state index contributed by atoms with van der Waals surface area (Å²) in [6, 6.07) is 7.88. The Balaban J connectivity index is 1.82. The van der Waals surface area contributed by atoms with Crippen molar-refractivity contribution in [2.75, 3.05) is 20.2 Å². The molecule has 0 atom stereocenters. The summed E-state index contributed by atoms with van der Waals surface area (Å²) in [6.45, 7) is 1.62. The van der Waals surface area contributed by atoms with Crippen molar-refractivity contribution in [3.05, 3.63) is 34.9 Å². The van der Waals surface area contributed by atoms with E-state index in [2.05, 4.69) is 4.90 Å². The van der Waals surface area contributed by atoms with Gasteiger partial charge in [0.2, 0.25) is 5.91 Å². The fourth-order valence-electron chi connectivity index (χ4n) is 3.97. The minimum atomic E-state index is -0.329. The molecule has 1 aliphatic carbocycles. The lowest BCUT2D eigenvalue weighted by molar-refractivity contribution is -0.139. The third kappa shape index (κ3) is 2.89. The van der Waals surface area contributed by atoms with E-state index in [0.29, 0.717) is 12.0 Å². The van der Waals surface area contributed by atoms with E-state index < -0.39 is 0 Å². The predicted octanol–water partition coefficient (Wildman–Crippen LogP) is 3.79. The van der Waals surface area contributed by atoms with Gasteiger partial charge in [-0.05, 0) is 43.4 Å². The van der Waals surface area contributed by atoms with Crippen molar-refractivity contribution < 1.29 is 9.53 Å². The summed E-state index contributed by atoms with van der Waals surface area (Å²) in [6.07, 6.45) is 6.36. The lowest BCUT2D eigenvalue weighted by atomic mass is 9.77. The summed E-state index contributed by atoms with van der Waals surface area (Å²) in [5, 5.41) is 0.727. The van der Waals surface area contributed by atoms with E-state index in [4.69, 9.17) is 16.3 Å². The number of ether oxygens (including phenoxy) is 1. The van der Waals surface area contributed by atoms with Crippen molar-refractivity contribution >= 4 is 17.5 Å². The third-order valence-corrected chi connectivity index (χ3v) is 5.58. The van der Waals surface area contributed by atoms with Crippen LogP contribution in [-0.2, 0) is 14.9 Å². The average Bonchev–Trinajstić information content (AvgIpc) is 3.06. The number of benzene rings is 1. The highest BCUT2D eigenvalue weighted by molar-refractivity contribution is 6.30. The van der Waals surface area contributed by atoms with Crippen LogP contribution >= 0.6 is 11.6 Å². The summed E-state index contributed by atoms with van der Waals surface area (Å²) in [5.41, 5.74) is 0.804. The largest absolute Gasteiger partial charge is 0.381 e. The number of methoxy groups -OCH3 is 1. The molecule has 22 heavy (non-hydrogen) atoms. The number of carbonyl (C=O) groups excluding carboxylic acids is 1. The molecule has 1 amide bonds. The fraction of sp³-hybridized carbons (Fsp3) is 0.611. The molecule has 0 unspecified atom stereocenters. The van der Waals surface area contributed by atoms with Crippen LogP contribution in [0.2, 0.25) is 5.02 Å². The highest BCUT2D eigenvalue weighted by atomic mass is 35.5. The molecule has 0 bridgehead atoms. The van der Waals surface area contributed by atoms with E-state index >= 15 is 0 Å². The molecular formula is C18H24ClNO2. The van der Waals surface area contributed by atoms with Crippen LogP contribution in [-0.4, -0.2) is 37.1 Å². The van der Waals surface area contributed by atoms with Gasteiger partial charge in [-0.2, -0.15) is 0 Å². The molecule has 2 fully saturated rings.